The number of hydrogen-bond acceptors (Lipinski definition) is 3. The van der Waals surface area contributed by atoms with Gasteiger partial charge >= 0.3 is 0 Å². The molecule has 3 nitrogen and oxygen atoms in total. The van der Waals surface area contributed by atoms with Gasteiger partial charge in [-0.1, -0.05) is 26.2 Å². The summed E-state index contributed by atoms with van der Waals surface area (Å²) < 4.78 is 5.29. The third kappa shape index (κ3) is 4.52. The van der Waals surface area contributed by atoms with Crippen molar-refractivity contribution in [2.45, 2.75) is 64.5 Å². The van der Waals surface area contributed by atoms with Gasteiger partial charge in [0.1, 0.15) is 0 Å². The fourth-order valence-corrected chi connectivity index (χ4v) is 3.22. The zero-order chi connectivity index (χ0) is 13.4. The van der Waals surface area contributed by atoms with Crippen molar-refractivity contribution in [2.24, 2.45) is 11.7 Å². The van der Waals surface area contributed by atoms with Crippen molar-refractivity contribution < 1.29 is 4.74 Å². The first-order valence-electron chi connectivity index (χ1n) is 7.69. The number of nitrogens with zero attached hydrogens (tertiary/aromatic N) is 1. The molecule has 0 amide bonds. The molecule has 3 atom stereocenters. The lowest BCUT2D eigenvalue weighted by Crippen LogP contribution is -2.48. The fraction of sp³-hybridized carbons (Fsp3) is 1.00. The molecular weight excluding hydrogens is 224 g/mol. The largest absolute Gasteiger partial charge is 0.383 e. The smallest absolute Gasteiger partial charge is 0.0589 e. The van der Waals surface area contributed by atoms with E-state index < -0.39 is 0 Å². The number of methoxy groups -OCH3 is 1. The summed E-state index contributed by atoms with van der Waals surface area (Å²) in [5, 5.41) is 0. The van der Waals surface area contributed by atoms with Crippen LogP contribution in [-0.4, -0.2) is 43.8 Å². The van der Waals surface area contributed by atoms with Crippen LogP contribution in [0.3, 0.4) is 0 Å². The molecule has 2 N–H and O–H groups in total. The first-order valence-corrected chi connectivity index (χ1v) is 7.69. The molecular formula is C15H32N2O. The van der Waals surface area contributed by atoms with E-state index in [2.05, 4.69) is 18.7 Å². The summed E-state index contributed by atoms with van der Waals surface area (Å²) in [6, 6.07) is 1.31. The SMILES string of the molecule is CCC(C)N(CCOC)C1CCCCCC1CN. The maximum Gasteiger partial charge on any atom is 0.0589 e. The van der Waals surface area contributed by atoms with E-state index in [1.54, 1.807) is 7.11 Å². The quantitative estimate of drug-likeness (QED) is 0.712. The van der Waals surface area contributed by atoms with E-state index in [0.717, 1.165) is 19.7 Å². The van der Waals surface area contributed by atoms with Crippen LogP contribution in [0.1, 0.15) is 52.4 Å². The molecule has 3 heteroatoms. The second-order valence-corrected chi connectivity index (χ2v) is 5.69. The second-order valence-electron chi connectivity index (χ2n) is 5.69. The highest BCUT2D eigenvalue weighted by atomic mass is 16.5. The third-order valence-electron chi connectivity index (χ3n) is 4.56. The number of hydrogen-bond donors (Lipinski definition) is 1. The van der Waals surface area contributed by atoms with Crippen molar-refractivity contribution in [3.8, 4) is 0 Å². The molecule has 0 saturated heterocycles. The summed E-state index contributed by atoms with van der Waals surface area (Å²) in [6.45, 7) is 7.34. The van der Waals surface area contributed by atoms with Crippen LogP contribution in [0.25, 0.3) is 0 Å². The summed E-state index contributed by atoms with van der Waals surface area (Å²) in [5.41, 5.74) is 6.01. The van der Waals surface area contributed by atoms with Gasteiger partial charge < -0.3 is 10.5 Å². The van der Waals surface area contributed by atoms with E-state index in [0.29, 0.717) is 18.0 Å². The Bertz CT molecular complexity index is 211. The Morgan fingerprint density at radius 1 is 1.28 bits per heavy atom. The van der Waals surface area contributed by atoms with Gasteiger partial charge in [-0.05, 0) is 38.6 Å². The Labute approximate surface area is 113 Å². The molecule has 0 aliphatic heterocycles. The minimum atomic E-state index is 0.636. The molecule has 0 spiro atoms. The Morgan fingerprint density at radius 3 is 2.61 bits per heavy atom. The van der Waals surface area contributed by atoms with Crippen molar-refractivity contribution in [1.82, 2.24) is 4.90 Å². The molecule has 1 rings (SSSR count). The Morgan fingerprint density at radius 2 is 2.00 bits per heavy atom. The van der Waals surface area contributed by atoms with Gasteiger partial charge in [0.25, 0.3) is 0 Å². The average molecular weight is 256 g/mol. The van der Waals surface area contributed by atoms with Crippen LogP contribution in [0.2, 0.25) is 0 Å². The monoisotopic (exact) mass is 256 g/mol. The van der Waals surface area contributed by atoms with E-state index in [1.807, 2.05) is 0 Å². The van der Waals surface area contributed by atoms with Gasteiger partial charge in [-0.2, -0.15) is 0 Å². The summed E-state index contributed by atoms with van der Waals surface area (Å²) >= 11 is 0. The van der Waals surface area contributed by atoms with Crippen molar-refractivity contribution in [3.63, 3.8) is 0 Å². The van der Waals surface area contributed by atoms with Crippen molar-refractivity contribution in [2.75, 3.05) is 26.8 Å². The van der Waals surface area contributed by atoms with Gasteiger partial charge in [0.2, 0.25) is 0 Å². The lowest BCUT2D eigenvalue weighted by molar-refractivity contribution is 0.0590. The Balaban J connectivity index is 2.71. The Hall–Kier alpha value is -0.120. The van der Waals surface area contributed by atoms with Gasteiger partial charge in [-0.3, -0.25) is 4.90 Å². The first-order chi connectivity index (χ1) is 8.74. The maximum atomic E-state index is 6.01. The topological polar surface area (TPSA) is 38.5 Å². The van der Waals surface area contributed by atoms with Crippen LogP contribution in [0.5, 0.6) is 0 Å². The molecule has 0 radical (unpaired) electrons. The van der Waals surface area contributed by atoms with Crippen molar-refractivity contribution >= 4 is 0 Å². The zero-order valence-corrected chi connectivity index (χ0v) is 12.5. The lowest BCUT2D eigenvalue weighted by Gasteiger charge is -2.39. The van der Waals surface area contributed by atoms with Crippen LogP contribution in [0.15, 0.2) is 0 Å². The van der Waals surface area contributed by atoms with Crippen LogP contribution < -0.4 is 5.73 Å². The van der Waals surface area contributed by atoms with Gasteiger partial charge in [-0.25, -0.2) is 0 Å². The molecule has 0 heterocycles. The highest BCUT2D eigenvalue weighted by Crippen LogP contribution is 2.28. The molecule has 0 bridgehead atoms. The van der Waals surface area contributed by atoms with E-state index in [9.17, 15) is 0 Å². The minimum absolute atomic E-state index is 0.636. The first kappa shape index (κ1) is 15.9. The second kappa shape index (κ2) is 8.89. The van der Waals surface area contributed by atoms with Crippen molar-refractivity contribution in [3.05, 3.63) is 0 Å². The molecule has 108 valence electrons. The predicted octanol–water partition coefficient (Wildman–Crippen LogP) is 2.64. The standard InChI is InChI=1S/C15H32N2O/c1-4-13(2)17(10-11-18-3)15-9-7-5-6-8-14(15)12-16/h13-15H,4-12,16H2,1-3H3. The van der Waals surface area contributed by atoms with E-state index in [4.69, 9.17) is 10.5 Å². The molecule has 0 aromatic carbocycles. The molecule has 18 heavy (non-hydrogen) atoms. The van der Waals surface area contributed by atoms with Crippen LogP contribution in [0, 0.1) is 5.92 Å². The summed E-state index contributed by atoms with van der Waals surface area (Å²) in [5.74, 6) is 0.679. The highest BCUT2D eigenvalue weighted by molar-refractivity contribution is 4.85. The third-order valence-corrected chi connectivity index (χ3v) is 4.56. The van der Waals surface area contributed by atoms with E-state index in [-0.39, 0.29) is 0 Å². The summed E-state index contributed by atoms with van der Waals surface area (Å²) in [6.07, 6.45) is 7.93. The molecule has 1 aliphatic rings. The van der Waals surface area contributed by atoms with Crippen molar-refractivity contribution in [1.29, 1.82) is 0 Å². The molecule has 1 saturated carbocycles. The van der Waals surface area contributed by atoms with Gasteiger partial charge in [0.15, 0.2) is 0 Å². The maximum absolute atomic E-state index is 6.01. The summed E-state index contributed by atoms with van der Waals surface area (Å²) in [4.78, 5) is 2.66. The van der Waals surface area contributed by atoms with E-state index in [1.165, 1.54) is 38.5 Å². The normalized spacial score (nSPS) is 27.2. The van der Waals surface area contributed by atoms with Crippen LogP contribution >= 0.6 is 0 Å². The highest BCUT2D eigenvalue weighted by Gasteiger charge is 2.29. The molecule has 1 aliphatic carbocycles. The number of nitrogens with two attached hydrogens (primary N) is 1. The van der Waals surface area contributed by atoms with E-state index >= 15 is 0 Å². The predicted molar refractivity (Wildman–Crippen MR) is 77.8 cm³/mol. The Kier molecular flexibility index (Phi) is 7.87. The average Bonchev–Trinajstić information content (AvgIpc) is 2.64. The van der Waals surface area contributed by atoms with Gasteiger partial charge in [0.05, 0.1) is 6.61 Å². The van der Waals surface area contributed by atoms with Gasteiger partial charge in [0, 0.05) is 25.7 Å². The minimum Gasteiger partial charge on any atom is -0.383 e. The zero-order valence-electron chi connectivity index (χ0n) is 12.5. The molecule has 3 unspecified atom stereocenters. The fourth-order valence-electron chi connectivity index (χ4n) is 3.22. The van der Waals surface area contributed by atoms with Crippen LogP contribution in [0.4, 0.5) is 0 Å². The molecule has 1 fully saturated rings. The molecule has 0 aromatic rings. The molecule has 0 aromatic heterocycles. The van der Waals surface area contributed by atoms with Crippen LogP contribution in [-0.2, 0) is 4.74 Å². The lowest BCUT2D eigenvalue weighted by atomic mass is 9.92. The summed E-state index contributed by atoms with van der Waals surface area (Å²) in [7, 11) is 1.79. The number of ether oxygens (including phenoxy) is 1. The number of rotatable bonds is 7. The van der Waals surface area contributed by atoms with Gasteiger partial charge in [-0.15, -0.1) is 0 Å².